The molecule has 1 aromatic carbocycles. The number of hydrogen-bond donors (Lipinski definition) is 1. The minimum atomic E-state index is -1.42. The average Bonchev–Trinajstić information content (AvgIpc) is 2.01. The fourth-order valence-electron chi connectivity index (χ4n) is 1.47. The molecule has 0 fully saturated rings. The number of rotatable bonds is 3. The molecule has 4 heteroatoms. The van der Waals surface area contributed by atoms with Gasteiger partial charge in [-0.25, -0.2) is 0 Å². The van der Waals surface area contributed by atoms with E-state index in [4.69, 9.17) is 9.85 Å². The molecular formula is C10H19NOSi2. The molecule has 0 saturated carbocycles. The molecule has 0 amide bonds. The van der Waals surface area contributed by atoms with E-state index in [9.17, 15) is 0 Å². The molecule has 0 heterocycles. The molecule has 1 unspecified atom stereocenters. The van der Waals surface area contributed by atoms with Crippen LogP contribution < -0.4 is 10.9 Å². The number of nitrogens with two attached hydrogens (primary N) is 1. The van der Waals surface area contributed by atoms with Gasteiger partial charge in [-0.1, -0.05) is 18.2 Å². The van der Waals surface area contributed by atoms with Crippen molar-refractivity contribution in [3.63, 3.8) is 0 Å². The smallest absolute Gasteiger partial charge is 0.194 e. The van der Waals surface area contributed by atoms with Crippen molar-refractivity contribution >= 4 is 28.2 Å². The highest BCUT2D eigenvalue weighted by molar-refractivity contribution is 6.81. The van der Waals surface area contributed by atoms with Crippen LogP contribution in [0.2, 0.25) is 26.2 Å². The Morgan fingerprint density at radius 2 is 1.79 bits per heavy atom. The molecule has 0 bridgehead atoms. The highest BCUT2D eigenvalue weighted by Gasteiger charge is 2.21. The van der Waals surface area contributed by atoms with E-state index in [1.807, 2.05) is 18.2 Å². The summed E-state index contributed by atoms with van der Waals surface area (Å²) in [7, 11) is -2.71. The minimum absolute atomic E-state index is 0.880. The van der Waals surface area contributed by atoms with Gasteiger partial charge in [0.05, 0.1) is 0 Å². The van der Waals surface area contributed by atoms with Crippen LogP contribution in [0.1, 0.15) is 0 Å². The highest BCUT2D eigenvalue weighted by atomic mass is 28.4. The third kappa shape index (κ3) is 3.28. The average molecular weight is 225 g/mol. The zero-order valence-electron chi connectivity index (χ0n) is 9.37. The number of benzene rings is 1. The Morgan fingerprint density at radius 1 is 1.21 bits per heavy atom. The molecule has 1 atom stereocenters. The summed E-state index contributed by atoms with van der Waals surface area (Å²) in [6, 6.07) is 8.04. The Balaban J connectivity index is 2.80. The number of hydrogen-bond acceptors (Lipinski definition) is 2. The predicted octanol–water partition coefficient (Wildman–Crippen LogP) is 1.68. The van der Waals surface area contributed by atoms with Crippen LogP contribution in [-0.2, 0) is 4.12 Å². The Morgan fingerprint density at radius 3 is 2.29 bits per heavy atom. The van der Waals surface area contributed by atoms with Crippen molar-refractivity contribution in [2.24, 2.45) is 0 Å². The molecule has 2 N–H and O–H groups in total. The van der Waals surface area contributed by atoms with Crippen molar-refractivity contribution in [2.45, 2.75) is 26.2 Å². The maximum atomic E-state index is 6.10. The van der Waals surface area contributed by atoms with Gasteiger partial charge in [-0.2, -0.15) is 0 Å². The van der Waals surface area contributed by atoms with Crippen molar-refractivity contribution in [2.75, 3.05) is 5.73 Å². The molecule has 0 aliphatic heterocycles. The topological polar surface area (TPSA) is 35.2 Å². The van der Waals surface area contributed by atoms with Crippen molar-refractivity contribution in [3.05, 3.63) is 24.3 Å². The van der Waals surface area contributed by atoms with Crippen LogP contribution in [0.15, 0.2) is 24.3 Å². The first-order valence-electron chi connectivity index (χ1n) is 4.92. The lowest BCUT2D eigenvalue weighted by atomic mass is 10.3. The fraction of sp³-hybridized carbons (Fsp3) is 0.400. The summed E-state index contributed by atoms with van der Waals surface area (Å²) in [6.45, 7) is 8.85. The lowest BCUT2D eigenvalue weighted by Crippen LogP contribution is -2.41. The molecule has 14 heavy (non-hydrogen) atoms. The van der Waals surface area contributed by atoms with Crippen molar-refractivity contribution in [1.82, 2.24) is 0 Å². The van der Waals surface area contributed by atoms with Crippen LogP contribution in [0, 0.1) is 0 Å². The van der Waals surface area contributed by atoms with Crippen molar-refractivity contribution < 1.29 is 4.12 Å². The monoisotopic (exact) mass is 225 g/mol. The van der Waals surface area contributed by atoms with E-state index in [1.54, 1.807) is 0 Å². The Bertz CT molecular complexity index is 309. The van der Waals surface area contributed by atoms with Gasteiger partial charge < -0.3 is 9.85 Å². The van der Waals surface area contributed by atoms with Gasteiger partial charge in [-0.15, -0.1) is 0 Å². The second-order valence-electron chi connectivity index (χ2n) is 4.50. The molecule has 0 aliphatic carbocycles. The molecule has 0 spiro atoms. The largest absolute Gasteiger partial charge is 0.455 e. The van der Waals surface area contributed by atoms with E-state index in [0.29, 0.717) is 0 Å². The summed E-state index contributed by atoms with van der Waals surface area (Å²) >= 11 is 0. The predicted molar refractivity (Wildman–Crippen MR) is 67.9 cm³/mol. The van der Waals surface area contributed by atoms with Gasteiger partial charge in [0.2, 0.25) is 0 Å². The molecular weight excluding hydrogens is 206 g/mol. The number of nitrogen functional groups attached to an aromatic ring is 1. The molecule has 0 aliphatic rings. The van der Waals surface area contributed by atoms with Gasteiger partial charge in [-0.05, 0) is 37.4 Å². The van der Waals surface area contributed by atoms with Crippen LogP contribution in [0.4, 0.5) is 5.69 Å². The standard InChI is InChI=1S/C10H19NOSi2/c1-13(12-14(2,3)4)10-8-6-5-7-9(10)11/h5-8,13H,11H2,1-4H3. The first-order valence-corrected chi connectivity index (χ1v) is 10.5. The highest BCUT2D eigenvalue weighted by Crippen LogP contribution is 2.07. The fourth-order valence-corrected chi connectivity index (χ4v) is 7.17. The number of anilines is 1. The van der Waals surface area contributed by atoms with Gasteiger partial charge in [-0.3, -0.25) is 0 Å². The van der Waals surface area contributed by atoms with Crippen molar-refractivity contribution in [1.29, 1.82) is 0 Å². The third-order valence-electron chi connectivity index (χ3n) is 1.96. The summed E-state index contributed by atoms with van der Waals surface area (Å²) in [5.74, 6) is 0. The van der Waals surface area contributed by atoms with E-state index in [2.05, 4.69) is 32.3 Å². The first kappa shape index (κ1) is 11.5. The molecule has 2 nitrogen and oxygen atoms in total. The Labute approximate surface area is 88.9 Å². The van der Waals surface area contributed by atoms with E-state index in [0.717, 1.165) is 5.69 Å². The molecule has 1 rings (SSSR count). The van der Waals surface area contributed by atoms with Crippen molar-refractivity contribution in [3.8, 4) is 0 Å². The van der Waals surface area contributed by atoms with E-state index >= 15 is 0 Å². The van der Waals surface area contributed by atoms with E-state index < -0.39 is 17.4 Å². The summed E-state index contributed by atoms with van der Waals surface area (Å²) < 4.78 is 6.10. The van der Waals surface area contributed by atoms with Gasteiger partial charge >= 0.3 is 0 Å². The van der Waals surface area contributed by atoms with Crippen LogP contribution in [0.25, 0.3) is 0 Å². The summed E-state index contributed by atoms with van der Waals surface area (Å²) in [6.07, 6.45) is 0. The maximum absolute atomic E-state index is 6.10. The normalized spacial score (nSPS) is 14.0. The van der Waals surface area contributed by atoms with E-state index in [-0.39, 0.29) is 0 Å². The zero-order valence-corrected chi connectivity index (χ0v) is 11.5. The summed E-state index contributed by atoms with van der Waals surface area (Å²) in [5, 5.41) is 1.23. The van der Waals surface area contributed by atoms with Crippen LogP contribution in [-0.4, -0.2) is 17.4 Å². The SMILES string of the molecule is C[SiH](O[Si](C)(C)C)c1ccccc1N. The second-order valence-corrected chi connectivity index (χ2v) is 11.6. The second kappa shape index (κ2) is 4.29. The molecule has 78 valence electrons. The lowest BCUT2D eigenvalue weighted by Gasteiger charge is -2.23. The van der Waals surface area contributed by atoms with Gasteiger partial charge in [0.1, 0.15) is 0 Å². The Kier molecular flexibility index (Phi) is 3.52. The van der Waals surface area contributed by atoms with Crippen LogP contribution in [0.3, 0.4) is 0 Å². The zero-order chi connectivity index (χ0) is 10.8. The first-order chi connectivity index (χ1) is 6.40. The van der Waals surface area contributed by atoms with Crippen LogP contribution >= 0.6 is 0 Å². The Hall–Kier alpha value is -0.586. The molecule has 1 aromatic rings. The van der Waals surface area contributed by atoms with Gasteiger partial charge in [0.15, 0.2) is 17.4 Å². The molecule has 0 saturated heterocycles. The number of para-hydroxylation sites is 1. The lowest BCUT2D eigenvalue weighted by molar-refractivity contribution is 0.589. The van der Waals surface area contributed by atoms with Gasteiger partial charge in [0, 0.05) is 5.69 Å². The third-order valence-corrected chi connectivity index (χ3v) is 7.61. The summed E-state index contributed by atoms with van der Waals surface area (Å²) in [4.78, 5) is 0. The van der Waals surface area contributed by atoms with Gasteiger partial charge in [0.25, 0.3) is 0 Å². The molecule has 0 radical (unpaired) electrons. The minimum Gasteiger partial charge on any atom is -0.455 e. The quantitative estimate of drug-likeness (QED) is 0.627. The van der Waals surface area contributed by atoms with Crippen LogP contribution in [0.5, 0.6) is 0 Å². The maximum Gasteiger partial charge on any atom is 0.194 e. The summed E-state index contributed by atoms with van der Waals surface area (Å²) in [5.41, 5.74) is 6.79. The van der Waals surface area contributed by atoms with E-state index in [1.165, 1.54) is 5.19 Å². The molecule has 0 aromatic heterocycles.